The van der Waals surface area contributed by atoms with Crippen LogP contribution < -0.4 is 5.43 Å². The number of rotatable bonds is 7. The van der Waals surface area contributed by atoms with Crippen LogP contribution in [-0.4, -0.2) is 59.6 Å². The van der Waals surface area contributed by atoms with Crippen molar-refractivity contribution in [1.29, 1.82) is 0 Å². The number of non-ortho nitro benzene ring substituents is 1. The van der Waals surface area contributed by atoms with Gasteiger partial charge < -0.3 is 0 Å². The third-order valence-corrected chi connectivity index (χ3v) is 5.48. The van der Waals surface area contributed by atoms with Gasteiger partial charge in [-0.3, -0.25) is 24.7 Å². The number of nitrogens with zero attached hydrogens (tertiary/aromatic N) is 4. The molecule has 1 amide bonds. The molecule has 10 heteroatoms. The first-order chi connectivity index (χ1) is 14.4. The average Bonchev–Trinajstić information content (AvgIpc) is 2.72. The number of piperazine rings is 1. The van der Waals surface area contributed by atoms with E-state index in [0.29, 0.717) is 10.6 Å². The van der Waals surface area contributed by atoms with E-state index in [2.05, 4.69) is 15.4 Å². The third kappa shape index (κ3) is 6.24. The van der Waals surface area contributed by atoms with Crippen molar-refractivity contribution in [3.63, 3.8) is 0 Å². The van der Waals surface area contributed by atoms with E-state index in [0.717, 1.165) is 43.3 Å². The monoisotopic (exact) mass is 449 g/mol. The van der Waals surface area contributed by atoms with Crippen LogP contribution in [0.5, 0.6) is 0 Å². The van der Waals surface area contributed by atoms with Gasteiger partial charge in [0.05, 0.1) is 17.7 Å². The largest absolute Gasteiger partial charge is 0.296 e. The number of nitro groups is 1. The zero-order valence-corrected chi connectivity index (χ0v) is 17.6. The predicted molar refractivity (Wildman–Crippen MR) is 117 cm³/mol. The van der Waals surface area contributed by atoms with Crippen LogP contribution in [0.15, 0.2) is 47.6 Å². The van der Waals surface area contributed by atoms with Crippen LogP contribution >= 0.6 is 23.2 Å². The summed E-state index contributed by atoms with van der Waals surface area (Å²) in [5, 5.41) is 15.8. The lowest BCUT2D eigenvalue weighted by atomic mass is 10.2. The number of hydrogen-bond acceptors (Lipinski definition) is 6. The molecule has 3 rings (SSSR count). The Morgan fingerprint density at radius 2 is 1.80 bits per heavy atom. The number of carbonyl (C=O) groups excluding carboxylic acids is 1. The van der Waals surface area contributed by atoms with E-state index in [1.165, 1.54) is 24.4 Å². The van der Waals surface area contributed by atoms with Gasteiger partial charge in [-0.2, -0.15) is 5.10 Å². The van der Waals surface area contributed by atoms with Gasteiger partial charge in [0, 0.05) is 60.5 Å². The second-order valence-corrected chi connectivity index (χ2v) is 7.71. The molecule has 2 aromatic rings. The van der Waals surface area contributed by atoms with Crippen molar-refractivity contribution < 1.29 is 9.72 Å². The Bertz CT molecular complexity index is 946. The fourth-order valence-electron chi connectivity index (χ4n) is 3.13. The van der Waals surface area contributed by atoms with Gasteiger partial charge in [0.2, 0.25) is 0 Å². The smallest absolute Gasteiger partial charge is 0.270 e. The number of halogens is 2. The number of benzene rings is 2. The molecule has 1 saturated heterocycles. The van der Waals surface area contributed by atoms with Crippen molar-refractivity contribution >= 4 is 41.0 Å². The van der Waals surface area contributed by atoms with E-state index in [-0.39, 0.29) is 18.1 Å². The lowest BCUT2D eigenvalue weighted by Gasteiger charge is -2.34. The van der Waals surface area contributed by atoms with E-state index in [1.54, 1.807) is 0 Å². The van der Waals surface area contributed by atoms with E-state index >= 15 is 0 Å². The van der Waals surface area contributed by atoms with Crippen LogP contribution in [-0.2, 0) is 11.3 Å². The second-order valence-electron chi connectivity index (χ2n) is 6.90. The molecule has 0 atom stereocenters. The summed E-state index contributed by atoms with van der Waals surface area (Å²) in [5.41, 5.74) is 3.80. The van der Waals surface area contributed by atoms with Crippen molar-refractivity contribution in [2.45, 2.75) is 6.54 Å². The molecule has 0 aliphatic carbocycles. The first-order valence-corrected chi connectivity index (χ1v) is 10.1. The highest BCUT2D eigenvalue weighted by molar-refractivity contribution is 6.33. The molecule has 0 radical (unpaired) electrons. The minimum absolute atomic E-state index is 0.0955. The molecule has 1 aliphatic heterocycles. The fraction of sp³-hybridized carbons (Fsp3) is 0.300. The molecule has 30 heavy (non-hydrogen) atoms. The highest BCUT2D eigenvalue weighted by atomic mass is 35.5. The van der Waals surface area contributed by atoms with E-state index in [9.17, 15) is 14.9 Å². The first-order valence-electron chi connectivity index (χ1n) is 9.36. The van der Waals surface area contributed by atoms with Crippen molar-refractivity contribution in [2.24, 2.45) is 5.10 Å². The highest BCUT2D eigenvalue weighted by Crippen LogP contribution is 2.20. The number of amides is 1. The summed E-state index contributed by atoms with van der Waals surface area (Å²) >= 11 is 12.2. The van der Waals surface area contributed by atoms with Gasteiger partial charge in [0.1, 0.15) is 0 Å². The molecule has 8 nitrogen and oxygen atoms in total. The normalized spacial score (nSPS) is 15.4. The Hall–Kier alpha value is -2.52. The van der Waals surface area contributed by atoms with Crippen molar-refractivity contribution in [3.05, 3.63) is 73.8 Å². The lowest BCUT2D eigenvalue weighted by molar-refractivity contribution is -0.384. The van der Waals surface area contributed by atoms with E-state index in [4.69, 9.17) is 23.2 Å². The number of nitro benzene ring substituents is 1. The molecular weight excluding hydrogens is 429 g/mol. The molecule has 158 valence electrons. The molecule has 0 unspecified atom stereocenters. The summed E-state index contributed by atoms with van der Waals surface area (Å²) in [6.07, 6.45) is 1.30. The lowest BCUT2D eigenvalue weighted by Crippen LogP contribution is -2.48. The number of hydrazone groups is 1. The standard InChI is InChI=1S/C20H21Cl2N5O3/c21-18-4-2-1-3-15(18)13-25-7-9-26(10-8-25)14-20(28)24-23-12-16-11-17(27(29)30)5-6-19(16)22/h1-6,11-12H,7-10,13-14H2,(H,24,28)/b23-12+. The molecule has 0 spiro atoms. The van der Waals surface area contributed by atoms with Crippen LogP contribution in [0.1, 0.15) is 11.1 Å². The van der Waals surface area contributed by atoms with Crippen LogP contribution in [0.25, 0.3) is 0 Å². The van der Waals surface area contributed by atoms with Gasteiger partial charge in [-0.15, -0.1) is 0 Å². The van der Waals surface area contributed by atoms with E-state index in [1.807, 2.05) is 29.2 Å². The molecule has 0 aromatic heterocycles. The molecule has 1 aliphatic rings. The Morgan fingerprint density at radius 1 is 1.10 bits per heavy atom. The first kappa shape index (κ1) is 22.2. The molecule has 1 fully saturated rings. The second kappa shape index (κ2) is 10.5. The van der Waals surface area contributed by atoms with Gasteiger partial charge in [-0.1, -0.05) is 41.4 Å². The summed E-state index contributed by atoms with van der Waals surface area (Å²) in [6, 6.07) is 11.8. The van der Waals surface area contributed by atoms with Crippen molar-refractivity contribution in [1.82, 2.24) is 15.2 Å². The molecular formula is C20H21Cl2N5O3. The van der Waals surface area contributed by atoms with Crippen molar-refractivity contribution in [3.8, 4) is 0 Å². The number of hydrogen-bond donors (Lipinski definition) is 1. The summed E-state index contributed by atoms with van der Waals surface area (Å²) < 4.78 is 0. The summed E-state index contributed by atoms with van der Waals surface area (Å²) in [6.45, 7) is 4.21. The van der Waals surface area contributed by atoms with Crippen LogP contribution in [0, 0.1) is 10.1 Å². The van der Waals surface area contributed by atoms with Gasteiger partial charge in [-0.25, -0.2) is 5.43 Å². The predicted octanol–water partition coefficient (Wildman–Crippen LogP) is 3.17. The van der Waals surface area contributed by atoms with E-state index < -0.39 is 4.92 Å². The minimum Gasteiger partial charge on any atom is -0.296 e. The summed E-state index contributed by atoms with van der Waals surface area (Å²) in [7, 11) is 0. The number of carbonyl (C=O) groups is 1. The quantitative estimate of drug-likeness (QED) is 0.398. The fourth-order valence-corrected chi connectivity index (χ4v) is 3.49. The van der Waals surface area contributed by atoms with Crippen LogP contribution in [0.2, 0.25) is 10.0 Å². The van der Waals surface area contributed by atoms with Crippen molar-refractivity contribution in [2.75, 3.05) is 32.7 Å². The third-order valence-electron chi connectivity index (χ3n) is 4.77. The summed E-state index contributed by atoms with van der Waals surface area (Å²) in [5.74, 6) is -0.257. The summed E-state index contributed by atoms with van der Waals surface area (Å²) in [4.78, 5) is 26.8. The SMILES string of the molecule is O=C(CN1CCN(Cc2ccccc2Cl)CC1)N/N=C/c1cc([N+](=O)[O-])ccc1Cl. The Balaban J connectivity index is 1.44. The zero-order chi connectivity index (χ0) is 21.5. The zero-order valence-electron chi connectivity index (χ0n) is 16.1. The molecule has 1 N–H and O–H groups in total. The molecule has 1 heterocycles. The highest BCUT2D eigenvalue weighted by Gasteiger charge is 2.19. The minimum atomic E-state index is -0.516. The van der Waals surface area contributed by atoms with Gasteiger partial charge >= 0.3 is 0 Å². The van der Waals surface area contributed by atoms with Gasteiger partial charge in [0.25, 0.3) is 11.6 Å². The molecule has 0 bridgehead atoms. The Kier molecular flexibility index (Phi) is 7.75. The number of nitrogens with one attached hydrogen (secondary N) is 1. The maximum Gasteiger partial charge on any atom is 0.270 e. The van der Waals surface area contributed by atoms with Gasteiger partial charge in [-0.05, 0) is 17.7 Å². The maximum atomic E-state index is 12.1. The topological polar surface area (TPSA) is 91.1 Å². The molecule has 2 aromatic carbocycles. The van der Waals surface area contributed by atoms with Gasteiger partial charge in [0.15, 0.2) is 0 Å². The Labute approximate surface area is 184 Å². The average molecular weight is 450 g/mol. The van der Waals surface area contributed by atoms with Crippen LogP contribution in [0.4, 0.5) is 5.69 Å². The maximum absolute atomic E-state index is 12.1. The molecule has 0 saturated carbocycles. The Morgan fingerprint density at radius 3 is 2.50 bits per heavy atom. The van der Waals surface area contributed by atoms with Crippen LogP contribution in [0.3, 0.4) is 0 Å².